The third-order valence-electron chi connectivity index (χ3n) is 5.61. The molecule has 0 aliphatic heterocycles. The molecule has 0 radical (unpaired) electrons. The van der Waals surface area contributed by atoms with Crippen molar-refractivity contribution < 1.29 is 0 Å². The summed E-state index contributed by atoms with van der Waals surface area (Å²) in [6.45, 7) is 2.25. The van der Waals surface area contributed by atoms with E-state index in [1.54, 1.807) is 0 Å². The quantitative estimate of drug-likeness (QED) is 0.180. The van der Waals surface area contributed by atoms with Crippen molar-refractivity contribution in [2.24, 2.45) is 16.1 Å². The maximum atomic E-state index is 4.70. The van der Waals surface area contributed by atoms with Crippen LogP contribution in [0.4, 0.5) is 0 Å². The van der Waals surface area contributed by atoms with Gasteiger partial charge in [-0.25, -0.2) is 0 Å². The Labute approximate surface area is 174 Å². The molecular formula is C27H28N2. The summed E-state index contributed by atoms with van der Waals surface area (Å²) in [5.74, 6) is 0.417. The van der Waals surface area contributed by atoms with E-state index in [-0.39, 0.29) is 0 Å². The van der Waals surface area contributed by atoms with Gasteiger partial charge >= 0.3 is 0 Å². The fourth-order valence-electron chi connectivity index (χ4n) is 4.09. The number of nitrogens with zero attached hydrogens (tertiary/aromatic N) is 2. The van der Waals surface area contributed by atoms with Crippen LogP contribution in [0.5, 0.6) is 0 Å². The van der Waals surface area contributed by atoms with Crippen LogP contribution in [0.2, 0.25) is 0 Å². The standard InChI is InChI=1S/C27H28N2/c1-2-3-5-14-22(19-21-12-6-4-7-13-21)20-28-29-27-25-17-10-8-15-23(25)24-16-9-11-18-26(24)27/h4,6-13,15-18,20,22H,2-3,5,14,19H2,1H3/b28-20+/t22-/m0/s1. The van der Waals surface area contributed by atoms with Gasteiger partial charge in [-0.15, -0.1) is 0 Å². The second-order valence-corrected chi connectivity index (χ2v) is 7.75. The molecule has 1 aliphatic rings. The fourth-order valence-corrected chi connectivity index (χ4v) is 4.09. The molecule has 1 atom stereocenters. The van der Waals surface area contributed by atoms with Crippen molar-refractivity contribution >= 4 is 11.9 Å². The van der Waals surface area contributed by atoms with E-state index in [9.17, 15) is 0 Å². The molecule has 0 fully saturated rings. The van der Waals surface area contributed by atoms with Gasteiger partial charge in [0.15, 0.2) is 0 Å². The smallest absolute Gasteiger partial charge is 0.101 e. The SMILES string of the molecule is CCCCC[C@H](/C=N/N=C1c2ccccc2-c2ccccc21)Cc1ccccc1. The van der Waals surface area contributed by atoms with Crippen LogP contribution in [0.15, 0.2) is 89.1 Å². The Bertz CT molecular complexity index is 954. The molecule has 0 aromatic heterocycles. The molecule has 3 aromatic rings. The first-order chi connectivity index (χ1) is 14.4. The van der Waals surface area contributed by atoms with Gasteiger partial charge in [-0.2, -0.15) is 10.2 Å². The van der Waals surface area contributed by atoms with Crippen molar-refractivity contribution in [2.75, 3.05) is 0 Å². The van der Waals surface area contributed by atoms with Crippen LogP contribution in [0.1, 0.15) is 49.3 Å². The third-order valence-corrected chi connectivity index (χ3v) is 5.61. The number of fused-ring (bicyclic) bond motifs is 3. The van der Waals surface area contributed by atoms with Gasteiger partial charge in [-0.3, -0.25) is 0 Å². The second-order valence-electron chi connectivity index (χ2n) is 7.75. The summed E-state index contributed by atoms with van der Waals surface area (Å²) in [5, 5.41) is 9.29. The number of unbranched alkanes of at least 4 members (excludes halogenated alkanes) is 2. The van der Waals surface area contributed by atoms with E-state index in [1.165, 1.54) is 47.1 Å². The van der Waals surface area contributed by atoms with E-state index in [0.29, 0.717) is 5.92 Å². The number of hydrogen-bond donors (Lipinski definition) is 0. The van der Waals surface area contributed by atoms with Crippen molar-refractivity contribution in [3.63, 3.8) is 0 Å². The average Bonchev–Trinajstić information content (AvgIpc) is 3.09. The van der Waals surface area contributed by atoms with Crippen molar-refractivity contribution in [3.8, 4) is 11.1 Å². The topological polar surface area (TPSA) is 24.7 Å². The summed E-state index contributed by atoms with van der Waals surface area (Å²) < 4.78 is 0. The molecule has 29 heavy (non-hydrogen) atoms. The Kier molecular flexibility index (Phi) is 6.31. The van der Waals surface area contributed by atoms with Gasteiger partial charge in [-0.05, 0) is 29.5 Å². The summed E-state index contributed by atoms with van der Waals surface area (Å²) in [6.07, 6.45) is 8.00. The molecule has 2 nitrogen and oxygen atoms in total. The molecule has 2 heteroatoms. The molecule has 0 bridgehead atoms. The maximum absolute atomic E-state index is 4.70. The number of rotatable bonds is 8. The molecule has 0 saturated carbocycles. The fraction of sp³-hybridized carbons (Fsp3) is 0.259. The normalized spacial score (nSPS) is 13.3. The maximum Gasteiger partial charge on any atom is 0.101 e. The lowest BCUT2D eigenvalue weighted by molar-refractivity contribution is 0.568. The van der Waals surface area contributed by atoms with Gasteiger partial charge in [0.2, 0.25) is 0 Å². The lowest BCUT2D eigenvalue weighted by Crippen LogP contribution is -2.07. The third kappa shape index (κ3) is 4.54. The van der Waals surface area contributed by atoms with Gasteiger partial charge in [0.05, 0.1) is 0 Å². The van der Waals surface area contributed by atoms with E-state index in [0.717, 1.165) is 18.6 Å². The highest BCUT2D eigenvalue weighted by atomic mass is 15.2. The van der Waals surface area contributed by atoms with Crippen molar-refractivity contribution in [1.29, 1.82) is 0 Å². The van der Waals surface area contributed by atoms with Crippen molar-refractivity contribution in [1.82, 2.24) is 0 Å². The number of benzene rings is 3. The van der Waals surface area contributed by atoms with Crippen LogP contribution in [0, 0.1) is 5.92 Å². The predicted molar refractivity (Wildman–Crippen MR) is 124 cm³/mol. The van der Waals surface area contributed by atoms with Crippen LogP contribution >= 0.6 is 0 Å². The van der Waals surface area contributed by atoms with E-state index in [2.05, 4.69) is 97.1 Å². The minimum atomic E-state index is 0.417. The summed E-state index contributed by atoms with van der Waals surface area (Å²) >= 11 is 0. The Morgan fingerprint density at radius 2 is 1.31 bits per heavy atom. The lowest BCUT2D eigenvalue weighted by Gasteiger charge is -2.11. The zero-order valence-corrected chi connectivity index (χ0v) is 17.1. The van der Waals surface area contributed by atoms with Gasteiger partial charge in [0.25, 0.3) is 0 Å². The van der Waals surface area contributed by atoms with Gasteiger partial charge in [0, 0.05) is 23.3 Å². The first-order valence-corrected chi connectivity index (χ1v) is 10.7. The van der Waals surface area contributed by atoms with Crippen LogP contribution in [-0.4, -0.2) is 11.9 Å². The van der Waals surface area contributed by atoms with E-state index >= 15 is 0 Å². The van der Waals surface area contributed by atoms with Crippen LogP contribution < -0.4 is 0 Å². The minimum absolute atomic E-state index is 0.417. The highest BCUT2D eigenvalue weighted by molar-refractivity contribution is 6.24. The van der Waals surface area contributed by atoms with Crippen molar-refractivity contribution in [2.45, 2.75) is 39.0 Å². The molecule has 0 heterocycles. The molecule has 146 valence electrons. The molecule has 0 spiro atoms. The lowest BCUT2D eigenvalue weighted by atomic mass is 9.95. The summed E-state index contributed by atoms with van der Waals surface area (Å²) in [7, 11) is 0. The van der Waals surface area contributed by atoms with Gasteiger partial charge in [-0.1, -0.05) is 105 Å². The minimum Gasteiger partial charge on any atom is -0.163 e. The van der Waals surface area contributed by atoms with Crippen molar-refractivity contribution in [3.05, 3.63) is 95.6 Å². The summed E-state index contributed by atoms with van der Waals surface area (Å²) in [5.41, 5.74) is 7.21. The Hall–Kier alpha value is -3.00. The Morgan fingerprint density at radius 1 is 0.724 bits per heavy atom. The van der Waals surface area contributed by atoms with Gasteiger partial charge < -0.3 is 0 Å². The zero-order chi connectivity index (χ0) is 19.9. The molecular weight excluding hydrogens is 352 g/mol. The molecule has 1 aliphatic carbocycles. The largest absolute Gasteiger partial charge is 0.163 e. The Morgan fingerprint density at radius 3 is 1.93 bits per heavy atom. The summed E-state index contributed by atoms with van der Waals surface area (Å²) in [6, 6.07) is 27.7. The molecule has 3 aromatic carbocycles. The average molecular weight is 381 g/mol. The first kappa shape index (κ1) is 19.3. The van der Waals surface area contributed by atoms with E-state index in [1.807, 2.05) is 0 Å². The van der Waals surface area contributed by atoms with Crippen LogP contribution in [0.3, 0.4) is 0 Å². The molecule has 0 N–H and O–H groups in total. The van der Waals surface area contributed by atoms with Crippen LogP contribution in [-0.2, 0) is 6.42 Å². The first-order valence-electron chi connectivity index (χ1n) is 10.7. The summed E-state index contributed by atoms with van der Waals surface area (Å²) in [4.78, 5) is 0. The van der Waals surface area contributed by atoms with E-state index in [4.69, 9.17) is 5.10 Å². The van der Waals surface area contributed by atoms with E-state index < -0.39 is 0 Å². The van der Waals surface area contributed by atoms with Gasteiger partial charge in [0.1, 0.15) is 5.71 Å². The molecule has 0 amide bonds. The molecule has 4 rings (SSSR count). The Balaban J connectivity index is 1.58. The monoisotopic (exact) mass is 380 g/mol. The highest BCUT2D eigenvalue weighted by Gasteiger charge is 2.23. The zero-order valence-electron chi connectivity index (χ0n) is 17.1. The highest BCUT2D eigenvalue weighted by Crippen LogP contribution is 2.36. The second kappa shape index (κ2) is 9.47. The predicted octanol–water partition coefficient (Wildman–Crippen LogP) is 6.93. The molecule has 0 saturated heterocycles. The van der Waals surface area contributed by atoms with Crippen LogP contribution in [0.25, 0.3) is 11.1 Å². The number of hydrogen-bond acceptors (Lipinski definition) is 2. The molecule has 0 unspecified atom stereocenters.